The van der Waals surface area contributed by atoms with Crippen LogP contribution >= 0.6 is 0 Å². The first kappa shape index (κ1) is 20.5. The van der Waals surface area contributed by atoms with E-state index in [0.717, 1.165) is 11.3 Å². The summed E-state index contributed by atoms with van der Waals surface area (Å²) in [6.45, 7) is 10.0. The normalized spacial score (nSPS) is 25.1. The molecule has 1 aliphatic rings. The molecule has 0 saturated carbocycles. The van der Waals surface area contributed by atoms with Crippen molar-refractivity contribution in [2.24, 2.45) is 5.92 Å². The number of carbonyl (C=O) groups excluding carboxylic acids is 1. The largest absolute Gasteiger partial charge is 0.459 e. The molecule has 0 aliphatic carbocycles. The van der Waals surface area contributed by atoms with E-state index < -0.39 is 11.1 Å². The van der Waals surface area contributed by atoms with Crippen molar-refractivity contribution >= 4 is 5.97 Å². The average Bonchev–Trinajstić information content (AvgIpc) is 3.02. The number of carbonyl (C=O) groups is 1. The van der Waals surface area contributed by atoms with Crippen LogP contribution in [-0.2, 0) is 9.53 Å². The Morgan fingerprint density at radius 3 is 2.54 bits per heavy atom. The fraction of sp³-hybridized carbons (Fsp3) is 0.522. The summed E-state index contributed by atoms with van der Waals surface area (Å²) >= 11 is 0. The number of esters is 1. The summed E-state index contributed by atoms with van der Waals surface area (Å²) in [5, 5.41) is 3.68. The zero-order chi connectivity index (χ0) is 20.4. The third-order valence-electron chi connectivity index (χ3n) is 5.07. The number of hydrogen-bond acceptors (Lipinski definition) is 5. The van der Waals surface area contributed by atoms with Gasteiger partial charge in [0.2, 0.25) is 0 Å². The van der Waals surface area contributed by atoms with E-state index in [0.29, 0.717) is 18.8 Å². The molecular formula is C23H31N3O2. The first-order valence-electron chi connectivity index (χ1n) is 10.0. The van der Waals surface area contributed by atoms with Gasteiger partial charge in [-0.15, -0.1) is 0 Å². The first-order valence-corrected chi connectivity index (χ1v) is 10.0. The number of rotatable bonds is 5. The lowest BCUT2D eigenvalue weighted by Gasteiger charge is -2.33. The Morgan fingerprint density at radius 1 is 1.25 bits per heavy atom. The van der Waals surface area contributed by atoms with Crippen molar-refractivity contribution in [2.75, 3.05) is 0 Å². The Labute approximate surface area is 167 Å². The van der Waals surface area contributed by atoms with E-state index in [1.54, 1.807) is 12.4 Å². The van der Waals surface area contributed by atoms with Gasteiger partial charge in [-0.1, -0.05) is 44.2 Å². The van der Waals surface area contributed by atoms with Gasteiger partial charge in [-0.25, -0.2) is 0 Å². The quantitative estimate of drug-likeness (QED) is 0.777. The topological polar surface area (TPSA) is 64.1 Å². The molecule has 150 valence electrons. The molecule has 0 spiro atoms. The number of nitrogens with zero attached hydrogens (tertiary/aromatic N) is 2. The van der Waals surface area contributed by atoms with Crippen molar-refractivity contribution in [3.63, 3.8) is 0 Å². The number of ether oxygens (including phenoxy) is 1. The van der Waals surface area contributed by atoms with Crippen molar-refractivity contribution in [1.82, 2.24) is 15.3 Å². The van der Waals surface area contributed by atoms with Crippen LogP contribution < -0.4 is 5.32 Å². The van der Waals surface area contributed by atoms with E-state index in [4.69, 9.17) is 4.74 Å². The van der Waals surface area contributed by atoms with Crippen molar-refractivity contribution in [1.29, 1.82) is 0 Å². The molecule has 2 aromatic rings. The van der Waals surface area contributed by atoms with Crippen LogP contribution in [0.25, 0.3) is 0 Å². The predicted octanol–water partition coefficient (Wildman–Crippen LogP) is 4.42. The van der Waals surface area contributed by atoms with Crippen LogP contribution in [0.5, 0.6) is 0 Å². The smallest absolute Gasteiger partial charge is 0.326 e. The van der Waals surface area contributed by atoms with Gasteiger partial charge < -0.3 is 4.74 Å². The van der Waals surface area contributed by atoms with Crippen LogP contribution in [0.15, 0.2) is 48.9 Å². The number of aromatic nitrogens is 2. The Kier molecular flexibility index (Phi) is 5.84. The highest BCUT2D eigenvalue weighted by Crippen LogP contribution is 2.46. The Bertz CT molecular complexity index is 737. The zero-order valence-corrected chi connectivity index (χ0v) is 17.5. The predicted molar refractivity (Wildman–Crippen MR) is 110 cm³/mol. The fourth-order valence-electron chi connectivity index (χ4n) is 4.14. The summed E-state index contributed by atoms with van der Waals surface area (Å²) in [5.41, 5.74) is 0.769. The molecular weight excluding hydrogens is 350 g/mol. The summed E-state index contributed by atoms with van der Waals surface area (Å²) in [7, 11) is 0. The van der Waals surface area contributed by atoms with E-state index >= 15 is 0 Å². The fourth-order valence-corrected chi connectivity index (χ4v) is 4.14. The highest BCUT2D eigenvalue weighted by molar-refractivity contribution is 5.82. The van der Waals surface area contributed by atoms with Crippen LogP contribution in [0.1, 0.15) is 70.7 Å². The van der Waals surface area contributed by atoms with Gasteiger partial charge in [-0.2, -0.15) is 0 Å². The Morgan fingerprint density at radius 2 is 1.96 bits per heavy atom. The second-order valence-corrected chi connectivity index (χ2v) is 9.16. The van der Waals surface area contributed by atoms with E-state index in [-0.39, 0.29) is 17.9 Å². The summed E-state index contributed by atoms with van der Waals surface area (Å²) in [6, 6.07) is 10.2. The highest BCUT2D eigenvalue weighted by Gasteiger charge is 2.52. The lowest BCUT2D eigenvalue weighted by molar-refractivity contribution is -0.163. The Hall–Kier alpha value is -2.27. The standard InChI is InChI=1S/C23H31N3O2/c1-16(2)13-23(21(27)28-22(3,4)5)14-18(19-15-24-11-12-25-19)20(26-23)17-9-7-6-8-10-17/h6-12,15-16,18,20,26H,13-14H2,1-5H3/t18-,20+,23+/m1/s1. The second-order valence-electron chi connectivity index (χ2n) is 9.16. The maximum atomic E-state index is 13.4. The molecule has 1 aromatic heterocycles. The molecule has 1 aromatic carbocycles. The van der Waals surface area contributed by atoms with Crippen LogP contribution in [0, 0.1) is 5.92 Å². The highest BCUT2D eigenvalue weighted by atomic mass is 16.6. The molecule has 1 fully saturated rings. The van der Waals surface area contributed by atoms with Crippen molar-refractivity contribution in [2.45, 2.75) is 70.6 Å². The summed E-state index contributed by atoms with van der Waals surface area (Å²) in [6.07, 6.45) is 6.55. The van der Waals surface area contributed by atoms with Gasteiger partial charge >= 0.3 is 5.97 Å². The van der Waals surface area contributed by atoms with E-state index in [1.165, 1.54) is 0 Å². The van der Waals surface area contributed by atoms with Crippen LogP contribution in [0.2, 0.25) is 0 Å². The minimum atomic E-state index is -0.746. The average molecular weight is 382 g/mol. The van der Waals surface area contributed by atoms with Crippen LogP contribution in [0.3, 0.4) is 0 Å². The number of nitrogens with one attached hydrogen (secondary N) is 1. The van der Waals surface area contributed by atoms with E-state index in [2.05, 4.69) is 41.3 Å². The molecule has 1 aliphatic heterocycles. The van der Waals surface area contributed by atoms with Gasteiger partial charge in [0.1, 0.15) is 11.1 Å². The molecule has 5 heteroatoms. The maximum absolute atomic E-state index is 13.4. The molecule has 0 amide bonds. The van der Waals surface area contributed by atoms with Crippen molar-refractivity contribution in [3.05, 3.63) is 60.2 Å². The van der Waals surface area contributed by atoms with Crippen LogP contribution in [0.4, 0.5) is 0 Å². The lowest BCUT2D eigenvalue weighted by atomic mass is 9.82. The summed E-state index contributed by atoms with van der Waals surface area (Å²) < 4.78 is 5.86. The first-order chi connectivity index (χ1) is 13.2. The van der Waals surface area contributed by atoms with Gasteiger partial charge in [-0.3, -0.25) is 20.1 Å². The summed E-state index contributed by atoms with van der Waals surface area (Å²) in [4.78, 5) is 22.2. The third-order valence-corrected chi connectivity index (χ3v) is 5.07. The molecule has 28 heavy (non-hydrogen) atoms. The van der Waals surface area contributed by atoms with Crippen molar-refractivity contribution in [3.8, 4) is 0 Å². The minimum absolute atomic E-state index is 0.0239. The van der Waals surface area contributed by atoms with Gasteiger partial charge in [0, 0.05) is 30.6 Å². The molecule has 2 heterocycles. The SMILES string of the molecule is CC(C)C[C@@]1(C(=O)OC(C)(C)C)C[C@H](c2cnccn2)[C@H](c2ccccc2)N1. The monoisotopic (exact) mass is 381 g/mol. The zero-order valence-electron chi connectivity index (χ0n) is 17.5. The molecule has 1 saturated heterocycles. The third kappa shape index (κ3) is 4.58. The number of benzene rings is 1. The van der Waals surface area contributed by atoms with Gasteiger partial charge in [0.15, 0.2) is 0 Å². The van der Waals surface area contributed by atoms with Gasteiger partial charge in [0.25, 0.3) is 0 Å². The lowest BCUT2D eigenvalue weighted by Crippen LogP contribution is -2.52. The molecule has 3 atom stereocenters. The molecule has 5 nitrogen and oxygen atoms in total. The Balaban J connectivity index is 2.03. The minimum Gasteiger partial charge on any atom is -0.459 e. The number of hydrogen-bond donors (Lipinski definition) is 1. The van der Waals surface area contributed by atoms with E-state index in [1.807, 2.05) is 45.2 Å². The molecule has 0 unspecified atom stereocenters. The van der Waals surface area contributed by atoms with Crippen LogP contribution in [-0.4, -0.2) is 27.1 Å². The van der Waals surface area contributed by atoms with E-state index in [9.17, 15) is 4.79 Å². The molecule has 3 rings (SSSR count). The van der Waals surface area contributed by atoms with Gasteiger partial charge in [0.05, 0.1) is 5.69 Å². The summed E-state index contributed by atoms with van der Waals surface area (Å²) in [5.74, 6) is 0.209. The second kappa shape index (κ2) is 8.00. The molecule has 0 bridgehead atoms. The maximum Gasteiger partial charge on any atom is 0.326 e. The van der Waals surface area contributed by atoms with Crippen molar-refractivity contribution < 1.29 is 9.53 Å². The molecule has 1 N–H and O–H groups in total. The van der Waals surface area contributed by atoms with Gasteiger partial charge in [-0.05, 0) is 45.1 Å². The molecule has 0 radical (unpaired) electrons.